The number of benzene rings is 1. The van der Waals surface area contributed by atoms with Gasteiger partial charge >= 0.3 is 0 Å². The van der Waals surface area contributed by atoms with E-state index < -0.39 is 0 Å². The van der Waals surface area contributed by atoms with Gasteiger partial charge in [0.2, 0.25) is 0 Å². The standard InChI is InChI=1S/C16H22N2OS/c1-4-17-9-16-18-14(11-20-16)10-19-15-7-5-6-13(8-15)12(2)3/h5-8,11-12,17H,4,9-10H2,1-3H3. The highest BCUT2D eigenvalue weighted by Crippen LogP contribution is 2.21. The summed E-state index contributed by atoms with van der Waals surface area (Å²) in [6, 6.07) is 8.28. The molecule has 0 radical (unpaired) electrons. The molecule has 0 bridgehead atoms. The van der Waals surface area contributed by atoms with Crippen LogP contribution < -0.4 is 10.1 Å². The molecule has 1 N–H and O–H groups in total. The van der Waals surface area contributed by atoms with Crippen LogP contribution in [0, 0.1) is 0 Å². The zero-order valence-electron chi connectivity index (χ0n) is 12.3. The first-order valence-electron chi connectivity index (χ1n) is 7.05. The second-order valence-corrected chi connectivity index (χ2v) is 5.97. The Balaban J connectivity index is 1.91. The predicted molar refractivity (Wildman–Crippen MR) is 84.4 cm³/mol. The van der Waals surface area contributed by atoms with E-state index in [0.29, 0.717) is 12.5 Å². The van der Waals surface area contributed by atoms with E-state index in [0.717, 1.165) is 29.5 Å². The zero-order chi connectivity index (χ0) is 14.4. The van der Waals surface area contributed by atoms with Gasteiger partial charge in [-0.2, -0.15) is 0 Å². The zero-order valence-corrected chi connectivity index (χ0v) is 13.2. The Morgan fingerprint density at radius 2 is 2.20 bits per heavy atom. The van der Waals surface area contributed by atoms with Crippen LogP contribution in [0.1, 0.15) is 43.0 Å². The van der Waals surface area contributed by atoms with E-state index in [4.69, 9.17) is 4.74 Å². The Labute approximate surface area is 125 Å². The molecule has 2 rings (SSSR count). The summed E-state index contributed by atoms with van der Waals surface area (Å²) in [5.41, 5.74) is 2.30. The van der Waals surface area contributed by atoms with Crippen LogP contribution in [0.15, 0.2) is 29.6 Å². The third-order valence-electron chi connectivity index (χ3n) is 3.04. The third-order valence-corrected chi connectivity index (χ3v) is 3.93. The molecule has 1 aromatic heterocycles. The fraction of sp³-hybridized carbons (Fsp3) is 0.438. The largest absolute Gasteiger partial charge is 0.487 e. The molecule has 0 atom stereocenters. The molecule has 0 saturated heterocycles. The van der Waals surface area contributed by atoms with E-state index in [1.807, 2.05) is 12.1 Å². The monoisotopic (exact) mass is 290 g/mol. The number of ether oxygens (including phenoxy) is 1. The van der Waals surface area contributed by atoms with Gasteiger partial charge in [-0.3, -0.25) is 0 Å². The van der Waals surface area contributed by atoms with E-state index in [1.165, 1.54) is 5.56 Å². The number of hydrogen-bond acceptors (Lipinski definition) is 4. The number of rotatable bonds is 7. The summed E-state index contributed by atoms with van der Waals surface area (Å²) >= 11 is 1.68. The lowest BCUT2D eigenvalue weighted by atomic mass is 10.0. The van der Waals surface area contributed by atoms with Crippen molar-refractivity contribution in [1.29, 1.82) is 0 Å². The molecule has 0 saturated carbocycles. The summed E-state index contributed by atoms with van der Waals surface area (Å²) in [7, 11) is 0. The lowest BCUT2D eigenvalue weighted by Crippen LogP contribution is -2.11. The van der Waals surface area contributed by atoms with Crippen molar-refractivity contribution in [3.63, 3.8) is 0 Å². The maximum atomic E-state index is 5.82. The van der Waals surface area contributed by atoms with Crippen molar-refractivity contribution >= 4 is 11.3 Å². The minimum absolute atomic E-state index is 0.518. The van der Waals surface area contributed by atoms with Crippen LogP contribution in [0.3, 0.4) is 0 Å². The smallest absolute Gasteiger partial charge is 0.131 e. The van der Waals surface area contributed by atoms with Gasteiger partial charge in [-0.1, -0.05) is 32.9 Å². The van der Waals surface area contributed by atoms with Gasteiger partial charge in [-0.15, -0.1) is 11.3 Å². The normalized spacial score (nSPS) is 11.0. The first-order chi connectivity index (χ1) is 9.69. The highest BCUT2D eigenvalue weighted by molar-refractivity contribution is 7.09. The van der Waals surface area contributed by atoms with Gasteiger partial charge in [0.25, 0.3) is 0 Å². The fourth-order valence-electron chi connectivity index (χ4n) is 1.85. The van der Waals surface area contributed by atoms with Crippen molar-refractivity contribution in [2.45, 2.75) is 39.8 Å². The number of hydrogen-bond donors (Lipinski definition) is 1. The van der Waals surface area contributed by atoms with Crippen LogP contribution >= 0.6 is 11.3 Å². The van der Waals surface area contributed by atoms with E-state index in [9.17, 15) is 0 Å². The maximum Gasteiger partial charge on any atom is 0.131 e. The van der Waals surface area contributed by atoms with Crippen LogP contribution in [-0.2, 0) is 13.2 Å². The summed E-state index contributed by atoms with van der Waals surface area (Å²) in [5, 5.41) is 6.46. The molecule has 0 unspecified atom stereocenters. The lowest BCUT2D eigenvalue weighted by Gasteiger charge is -2.09. The van der Waals surface area contributed by atoms with Gasteiger partial charge in [0.1, 0.15) is 17.4 Å². The summed E-state index contributed by atoms with van der Waals surface area (Å²) < 4.78 is 5.82. The second kappa shape index (κ2) is 7.41. The molecule has 3 nitrogen and oxygen atoms in total. The summed E-state index contributed by atoms with van der Waals surface area (Å²) in [6.45, 7) is 8.81. The van der Waals surface area contributed by atoms with Crippen LogP contribution in [0.4, 0.5) is 0 Å². The maximum absolute atomic E-state index is 5.82. The molecule has 0 aliphatic rings. The van der Waals surface area contributed by atoms with E-state index in [-0.39, 0.29) is 0 Å². The molecular weight excluding hydrogens is 268 g/mol. The van der Waals surface area contributed by atoms with E-state index in [1.54, 1.807) is 11.3 Å². The summed E-state index contributed by atoms with van der Waals surface area (Å²) in [5.74, 6) is 1.43. The second-order valence-electron chi connectivity index (χ2n) is 5.03. The number of thiazole rings is 1. The van der Waals surface area contributed by atoms with Crippen molar-refractivity contribution < 1.29 is 4.74 Å². The summed E-state index contributed by atoms with van der Waals surface area (Å²) in [6.07, 6.45) is 0. The summed E-state index contributed by atoms with van der Waals surface area (Å²) in [4.78, 5) is 4.55. The van der Waals surface area contributed by atoms with Gasteiger partial charge in [-0.05, 0) is 30.2 Å². The predicted octanol–water partition coefficient (Wildman–Crippen LogP) is 3.96. The Hall–Kier alpha value is -1.39. The minimum Gasteiger partial charge on any atom is -0.487 e. The van der Waals surface area contributed by atoms with Crippen LogP contribution in [0.2, 0.25) is 0 Å². The average molecular weight is 290 g/mol. The van der Waals surface area contributed by atoms with Crippen molar-refractivity contribution in [3.8, 4) is 5.75 Å². The number of aromatic nitrogens is 1. The third kappa shape index (κ3) is 4.32. The highest BCUT2D eigenvalue weighted by atomic mass is 32.1. The molecule has 0 amide bonds. The quantitative estimate of drug-likeness (QED) is 0.838. The van der Waals surface area contributed by atoms with Crippen molar-refractivity contribution in [2.24, 2.45) is 0 Å². The van der Waals surface area contributed by atoms with Gasteiger partial charge < -0.3 is 10.1 Å². The van der Waals surface area contributed by atoms with Crippen LogP contribution in [-0.4, -0.2) is 11.5 Å². The van der Waals surface area contributed by atoms with Crippen molar-refractivity contribution in [1.82, 2.24) is 10.3 Å². The molecule has 4 heteroatoms. The Morgan fingerprint density at radius 1 is 1.35 bits per heavy atom. The SMILES string of the molecule is CCNCc1nc(COc2cccc(C(C)C)c2)cs1. The molecule has 0 fully saturated rings. The molecule has 1 heterocycles. The van der Waals surface area contributed by atoms with Crippen LogP contribution in [0.25, 0.3) is 0 Å². The molecule has 108 valence electrons. The van der Waals surface area contributed by atoms with Crippen molar-refractivity contribution in [2.75, 3.05) is 6.54 Å². The first-order valence-corrected chi connectivity index (χ1v) is 7.93. The molecule has 2 aromatic rings. The van der Waals surface area contributed by atoms with Gasteiger partial charge in [0, 0.05) is 11.9 Å². The van der Waals surface area contributed by atoms with Gasteiger partial charge in [0.15, 0.2) is 0 Å². The molecule has 1 aromatic carbocycles. The average Bonchev–Trinajstić information content (AvgIpc) is 2.91. The molecule has 20 heavy (non-hydrogen) atoms. The molecule has 0 spiro atoms. The lowest BCUT2D eigenvalue weighted by molar-refractivity contribution is 0.301. The molecular formula is C16H22N2OS. The Bertz CT molecular complexity index is 537. The van der Waals surface area contributed by atoms with Gasteiger partial charge in [-0.25, -0.2) is 4.98 Å². The number of nitrogens with one attached hydrogen (secondary N) is 1. The van der Waals surface area contributed by atoms with Crippen LogP contribution in [0.5, 0.6) is 5.75 Å². The Morgan fingerprint density at radius 3 is 2.95 bits per heavy atom. The fourth-order valence-corrected chi connectivity index (χ4v) is 2.60. The van der Waals surface area contributed by atoms with E-state index >= 15 is 0 Å². The molecule has 0 aliphatic heterocycles. The molecule has 0 aliphatic carbocycles. The number of nitrogens with zero attached hydrogens (tertiary/aromatic N) is 1. The van der Waals surface area contributed by atoms with E-state index in [2.05, 4.69) is 48.6 Å². The minimum atomic E-state index is 0.518. The highest BCUT2D eigenvalue weighted by Gasteiger charge is 2.04. The first kappa shape index (κ1) is 15.0. The van der Waals surface area contributed by atoms with Crippen molar-refractivity contribution in [3.05, 3.63) is 45.9 Å². The Kier molecular flexibility index (Phi) is 5.56. The topological polar surface area (TPSA) is 34.2 Å². The van der Waals surface area contributed by atoms with Gasteiger partial charge in [0.05, 0.1) is 5.69 Å².